The van der Waals surface area contributed by atoms with Gasteiger partial charge in [-0.25, -0.2) is 4.79 Å². The summed E-state index contributed by atoms with van der Waals surface area (Å²) in [5.41, 5.74) is 0.336. The fourth-order valence-electron chi connectivity index (χ4n) is 0.953. The van der Waals surface area contributed by atoms with E-state index in [1.807, 2.05) is 0 Å². The molecule has 0 aromatic carbocycles. The molecule has 5 nitrogen and oxygen atoms in total. The second kappa shape index (κ2) is 8.40. The summed E-state index contributed by atoms with van der Waals surface area (Å²) in [7, 11) is 3.23. The summed E-state index contributed by atoms with van der Waals surface area (Å²) < 4.78 is 10.1. The van der Waals surface area contributed by atoms with Crippen LogP contribution < -0.4 is 5.32 Å². The number of methoxy groups -OCH3 is 2. The van der Waals surface area contributed by atoms with Gasteiger partial charge in [-0.2, -0.15) is 0 Å². The number of ether oxygens (including phenoxy) is 2. The van der Waals surface area contributed by atoms with Crippen LogP contribution in [0.3, 0.4) is 0 Å². The number of hydrogen-bond acceptors (Lipinski definition) is 4. The third kappa shape index (κ3) is 7.07. The van der Waals surface area contributed by atoms with Gasteiger partial charge in [-0.05, 0) is 6.92 Å². The molecule has 0 fully saturated rings. The van der Waals surface area contributed by atoms with E-state index >= 15 is 0 Å². The molecule has 0 radical (unpaired) electrons. The topological polar surface area (TPSA) is 67.8 Å². The number of aliphatic carboxylic acids is 1. The molecule has 0 rings (SSSR count). The Morgan fingerprint density at radius 3 is 2.67 bits per heavy atom. The molecule has 1 unspecified atom stereocenters. The average molecular weight is 217 g/mol. The first-order chi connectivity index (χ1) is 7.11. The van der Waals surface area contributed by atoms with E-state index in [0.29, 0.717) is 25.3 Å². The molecular formula is C10H19NO4. The van der Waals surface area contributed by atoms with Gasteiger partial charge in [0, 0.05) is 32.9 Å². The molecule has 5 heteroatoms. The molecule has 88 valence electrons. The second-order valence-electron chi connectivity index (χ2n) is 3.16. The van der Waals surface area contributed by atoms with E-state index in [-0.39, 0.29) is 6.10 Å². The lowest BCUT2D eigenvalue weighted by atomic mass is 10.3. The Bertz CT molecular complexity index is 215. The molecule has 0 bridgehead atoms. The summed E-state index contributed by atoms with van der Waals surface area (Å²) in [6, 6.07) is 0. The summed E-state index contributed by atoms with van der Waals surface area (Å²) in [5.74, 6) is -0.892. The first-order valence-electron chi connectivity index (χ1n) is 4.74. The first kappa shape index (κ1) is 14.1. The highest BCUT2D eigenvalue weighted by Crippen LogP contribution is 1.91. The van der Waals surface area contributed by atoms with Gasteiger partial charge in [0.1, 0.15) is 0 Å². The Kier molecular flexibility index (Phi) is 7.89. The van der Waals surface area contributed by atoms with Crippen molar-refractivity contribution in [2.75, 3.05) is 33.9 Å². The van der Waals surface area contributed by atoms with Crippen molar-refractivity contribution in [2.24, 2.45) is 0 Å². The molecule has 0 aliphatic rings. The monoisotopic (exact) mass is 217 g/mol. The van der Waals surface area contributed by atoms with E-state index in [9.17, 15) is 4.79 Å². The van der Waals surface area contributed by atoms with Crippen LogP contribution in [0.2, 0.25) is 0 Å². The van der Waals surface area contributed by atoms with E-state index in [1.54, 1.807) is 27.2 Å². The summed E-state index contributed by atoms with van der Waals surface area (Å²) in [4.78, 5) is 10.4. The first-order valence-corrected chi connectivity index (χ1v) is 4.74. The molecule has 0 aromatic heterocycles. The maximum atomic E-state index is 10.4. The average Bonchev–Trinajstić information content (AvgIpc) is 2.22. The number of hydrogen-bond donors (Lipinski definition) is 2. The molecule has 15 heavy (non-hydrogen) atoms. The zero-order valence-corrected chi connectivity index (χ0v) is 9.45. The number of carbonyl (C=O) groups is 1. The SMILES string of the molecule is COCC(CNC/C=C(/C)C(=O)O)OC. The highest BCUT2D eigenvalue weighted by molar-refractivity contribution is 5.85. The van der Waals surface area contributed by atoms with Gasteiger partial charge in [-0.15, -0.1) is 0 Å². The molecular weight excluding hydrogens is 198 g/mol. The summed E-state index contributed by atoms with van der Waals surface area (Å²) in [5, 5.41) is 11.6. The Labute approximate surface area is 90.1 Å². The van der Waals surface area contributed by atoms with Gasteiger partial charge in [0.2, 0.25) is 0 Å². The second-order valence-corrected chi connectivity index (χ2v) is 3.16. The molecule has 0 spiro atoms. The lowest BCUT2D eigenvalue weighted by Gasteiger charge is -2.14. The minimum atomic E-state index is -0.892. The molecule has 0 saturated heterocycles. The zero-order chi connectivity index (χ0) is 11.7. The molecule has 2 N–H and O–H groups in total. The minimum Gasteiger partial charge on any atom is -0.478 e. The van der Waals surface area contributed by atoms with Crippen LogP contribution in [0.15, 0.2) is 11.6 Å². The van der Waals surface area contributed by atoms with Crippen LogP contribution in [0.4, 0.5) is 0 Å². The van der Waals surface area contributed by atoms with E-state index < -0.39 is 5.97 Å². The Hall–Kier alpha value is -0.910. The standard InChI is InChI=1S/C10H19NO4/c1-8(10(12)13)4-5-11-6-9(15-3)7-14-2/h4,9,11H,5-7H2,1-3H3,(H,12,13)/b8-4-. The van der Waals surface area contributed by atoms with E-state index in [2.05, 4.69) is 5.32 Å². The molecule has 0 aliphatic heterocycles. The Balaban J connectivity index is 3.68. The Morgan fingerprint density at radius 1 is 1.53 bits per heavy atom. The number of carboxylic acids is 1. The van der Waals surface area contributed by atoms with Crippen molar-refractivity contribution in [1.29, 1.82) is 0 Å². The molecule has 0 aliphatic carbocycles. The molecule has 0 heterocycles. The van der Waals surface area contributed by atoms with Gasteiger partial charge in [-0.3, -0.25) is 0 Å². The van der Waals surface area contributed by atoms with Crippen molar-refractivity contribution in [3.63, 3.8) is 0 Å². The van der Waals surface area contributed by atoms with Crippen molar-refractivity contribution >= 4 is 5.97 Å². The van der Waals surface area contributed by atoms with Crippen molar-refractivity contribution in [3.05, 3.63) is 11.6 Å². The molecule has 0 amide bonds. The quantitative estimate of drug-likeness (QED) is 0.451. The molecule has 0 aromatic rings. The summed E-state index contributed by atoms with van der Waals surface area (Å²) in [6.07, 6.45) is 1.62. The number of rotatable bonds is 8. The highest BCUT2D eigenvalue weighted by atomic mass is 16.5. The van der Waals surface area contributed by atoms with Crippen LogP contribution in [0, 0.1) is 0 Å². The van der Waals surface area contributed by atoms with Gasteiger partial charge < -0.3 is 19.9 Å². The van der Waals surface area contributed by atoms with Crippen molar-refractivity contribution in [1.82, 2.24) is 5.32 Å². The van der Waals surface area contributed by atoms with Crippen LogP contribution >= 0.6 is 0 Å². The lowest BCUT2D eigenvalue weighted by Crippen LogP contribution is -2.32. The maximum absolute atomic E-state index is 10.4. The van der Waals surface area contributed by atoms with E-state index in [1.165, 1.54) is 0 Å². The van der Waals surface area contributed by atoms with Gasteiger partial charge in [0.25, 0.3) is 0 Å². The minimum absolute atomic E-state index is 0.00599. The van der Waals surface area contributed by atoms with E-state index in [4.69, 9.17) is 14.6 Å². The van der Waals surface area contributed by atoms with Crippen molar-refractivity contribution in [2.45, 2.75) is 13.0 Å². The third-order valence-corrected chi connectivity index (χ3v) is 1.95. The number of carboxylic acid groups (broad SMARTS) is 1. The number of nitrogens with one attached hydrogen (secondary N) is 1. The van der Waals surface area contributed by atoms with Gasteiger partial charge >= 0.3 is 5.97 Å². The molecule has 1 atom stereocenters. The predicted octanol–water partition coefficient (Wildman–Crippen LogP) is 0.268. The fourth-order valence-corrected chi connectivity index (χ4v) is 0.953. The Morgan fingerprint density at radius 2 is 2.20 bits per heavy atom. The summed E-state index contributed by atoms with van der Waals surface area (Å²) >= 11 is 0. The highest BCUT2D eigenvalue weighted by Gasteiger charge is 2.05. The summed E-state index contributed by atoms with van der Waals surface area (Å²) in [6.45, 7) is 3.23. The maximum Gasteiger partial charge on any atom is 0.330 e. The largest absolute Gasteiger partial charge is 0.478 e. The van der Waals surface area contributed by atoms with Gasteiger partial charge in [0.05, 0.1) is 12.7 Å². The normalized spacial score (nSPS) is 13.9. The third-order valence-electron chi connectivity index (χ3n) is 1.95. The van der Waals surface area contributed by atoms with Crippen LogP contribution in [0.25, 0.3) is 0 Å². The van der Waals surface area contributed by atoms with E-state index in [0.717, 1.165) is 0 Å². The van der Waals surface area contributed by atoms with Crippen LogP contribution in [-0.2, 0) is 14.3 Å². The van der Waals surface area contributed by atoms with Crippen LogP contribution in [0.5, 0.6) is 0 Å². The zero-order valence-electron chi connectivity index (χ0n) is 9.45. The van der Waals surface area contributed by atoms with Crippen LogP contribution in [0.1, 0.15) is 6.92 Å². The van der Waals surface area contributed by atoms with Gasteiger partial charge in [-0.1, -0.05) is 6.08 Å². The van der Waals surface area contributed by atoms with Crippen molar-refractivity contribution in [3.8, 4) is 0 Å². The van der Waals surface area contributed by atoms with Crippen LogP contribution in [-0.4, -0.2) is 51.1 Å². The molecule has 0 saturated carbocycles. The van der Waals surface area contributed by atoms with Crippen molar-refractivity contribution < 1.29 is 19.4 Å². The smallest absolute Gasteiger partial charge is 0.330 e. The van der Waals surface area contributed by atoms with Gasteiger partial charge in [0.15, 0.2) is 0 Å². The predicted molar refractivity (Wildman–Crippen MR) is 56.9 cm³/mol. The lowest BCUT2D eigenvalue weighted by molar-refractivity contribution is -0.132. The fraction of sp³-hybridized carbons (Fsp3) is 0.700.